The molecule has 1 aliphatic rings. The Labute approximate surface area is 139 Å². The topological polar surface area (TPSA) is 189 Å². The third-order valence-corrected chi connectivity index (χ3v) is 4.11. The molecule has 3 heterocycles. The zero-order chi connectivity index (χ0) is 18.4. The molecule has 1 saturated heterocycles. The lowest BCUT2D eigenvalue weighted by atomic mass is 10.1. The summed E-state index contributed by atoms with van der Waals surface area (Å²) in [7, 11) is -3.47. The van der Waals surface area contributed by atoms with Gasteiger partial charge in [-0.15, -0.1) is 0 Å². The number of aromatic amines is 1. The third kappa shape index (κ3) is 3.43. The number of fused-ring (bicyclic) bond motifs is 1. The first-order valence-electron chi connectivity index (χ1n) is 6.94. The van der Waals surface area contributed by atoms with Crippen molar-refractivity contribution in [2.75, 3.05) is 13.7 Å². The molecule has 3 rings (SSSR count). The summed E-state index contributed by atoms with van der Waals surface area (Å²) in [5.41, 5.74) is -0.579. The Morgan fingerprint density at radius 1 is 1.40 bits per heavy atom. The van der Waals surface area contributed by atoms with E-state index in [1.165, 1.54) is 18.0 Å². The predicted octanol–water partition coefficient (Wildman–Crippen LogP) is -2.14. The fourth-order valence-corrected chi connectivity index (χ4v) is 2.80. The highest BCUT2D eigenvalue weighted by molar-refractivity contribution is 7.46. The van der Waals surface area contributed by atoms with Crippen LogP contribution < -0.4 is 10.3 Å². The van der Waals surface area contributed by atoms with E-state index in [0.29, 0.717) is 0 Å². The number of hydrogen-bond donors (Lipinski definition) is 5. The zero-order valence-electron chi connectivity index (χ0n) is 12.7. The Hall–Kier alpha value is -1.86. The fraction of sp³-hybridized carbons (Fsp3) is 0.545. The van der Waals surface area contributed by atoms with Gasteiger partial charge < -0.3 is 29.5 Å². The normalized spacial score (nSPS) is 27.1. The van der Waals surface area contributed by atoms with Gasteiger partial charge in [-0.2, -0.15) is 4.98 Å². The summed E-state index contributed by atoms with van der Waals surface area (Å²) < 4.78 is 26.5. The molecular formula is C11H15N4O9P. The molecule has 0 aliphatic carbocycles. The molecule has 0 amide bonds. The molecule has 0 saturated carbocycles. The minimum Gasteiger partial charge on any atom is -0.468 e. The van der Waals surface area contributed by atoms with Gasteiger partial charge >= 0.3 is 7.82 Å². The molecular weight excluding hydrogens is 363 g/mol. The standard InChI is InChI=1S/C11H15N4O9P/c1-22-11-13-8-5(9(18)14-11)12-3-15(8)10-7(17)6(16)4(24-10)2-23-25(19,20)21/h3-4,6-7,10,16-17H,2H2,1H3,(H,13,14,18)(H2,19,20,21)/t4-,6-,7-,10-/m1/s1. The van der Waals surface area contributed by atoms with Gasteiger partial charge in [0.2, 0.25) is 0 Å². The van der Waals surface area contributed by atoms with Crippen molar-refractivity contribution >= 4 is 19.0 Å². The molecule has 0 unspecified atom stereocenters. The van der Waals surface area contributed by atoms with Crippen LogP contribution in [0.2, 0.25) is 0 Å². The van der Waals surface area contributed by atoms with Crippen LogP contribution in [0, 0.1) is 0 Å². The molecule has 2 aromatic rings. The molecule has 0 spiro atoms. The van der Waals surface area contributed by atoms with Crippen LogP contribution in [0.5, 0.6) is 6.01 Å². The van der Waals surface area contributed by atoms with Crippen LogP contribution in [-0.2, 0) is 13.8 Å². The molecule has 25 heavy (non-hydrogen) atoms. The second-order valence-electron chi connectivity index (χ2n) is 5.23. The van der Waals surface area contributed by atoms with Gasteiger partial charge in [-0.3, -0.25) is 18.9 Å². The number of rotatable bonds is 5. The van der Waals surface area contributed by atoms with E-state index >= 15 is 0 Å². The molecule has 4 atom stereocenters. The average Bonchev–Trinajstić information content (AvgIpc) is 3.08. The van der Waals surface area contributed by atoms with Crippen molar-refractivity contribution in [2.45, 2.75) is 24.5 Å². The maximum absolute atomic E-state index is 11.9. The van der Waals surface area contributed by atoms with Crippen molar-refractivity contribution in [1.29, 1.82) is 0 Å². The smallest absolute Gasteiger partial charge is 0.468 e. The van der Waals surface area contributed by atoms with Gasteiger partial charge in [-0.1, -0.05) is 0 Å². The number of aliphatic hydroxyl groups excluding tert-OH is 2. The summed E-state index contributed by atoms with van der Waals surface area (Å²) in [4.78, 5) is 39.6. The molecule has 1 aliphatic heterocycles. The van der Waals surface area contributed by atoms with Crippen molar-refractivity contribution in [3.8, 4) is 6.01 Å². The zero-order valence-corrected chi connectivity index (χ0v) is 13.6. The number of methoxy groups -OCH3 is 1. The lowest BCUT2D eigenvalue weighted by Crippen LogP contribution is -2.33. The molecule has 2 aromatic heterocycles. The van der Waals surface area contributed by atoms with Crippen LogP contribution in [0.4, 0.5) is 0 Å². The molecule has 0 aromatic carbocycles. The highest BCUT2D eigenvalue weighted by Crippen LogP contribution is 2.38. The monoisotopic (exact) mass is 378 g/mol. The highest BCUT2D eigenvalue weighted by atomic mass is 31.2. The van der Waals surface area contributed by atoms with Gasteiger partial charge in [0.25, 0.3) is 11.6 Å². The van der Waals surface area contributed by atoms with E-state index in [-0.39, 0.29) is 17.2 Å². The van der Waals surface area contributed by atoms with E-state index < -0.39 is 44.5 Å². The number of imidazole rings is 1. The quantitative estimate of drug-likeness (QED) is 0.357. The van der Waals surface area contributed by atoms with E-state index in [0.717, 1.165) is 0 Å². The van der Waals surface area contributed by atoms with E-state index in [4.69, 9.17) is 19.3 Å². The maximum atomic E-state index is 11.9. The number of phosphoric acid groups is 1. The van der Waals surface area contributed by atoms with Crippen LogP contribution in [0.25, 0.3) is 11.2 Å². The van der Waals surface area contributed by atoms with E-state index in [2.05, 4.69) is 19.5 Å². The molecule has 0 bridgehead atoms. The van der Waals surface area contributed by atoms with Crippen molar-refractivity contribution in [2.24, 2.45) is 0 Å². The van der Waals surface area contributed by atoms with Crippen LogP contribution in [0.3, 0.4) is 0 Å². The molecule has 1 fully saturated rings. The lowest BCUT2D eigenvalue weighted by Gasteiger charge is -2.16. The Bertz CT molecular complexity index is 876. The largest absolute Gasteiger partial charge is 0.469 e. The average molecular weight is 378 g/mol. The van der Waals surface area contributed by atoms with Crippen LogP contribution >= 0.6 is 7.82 Å². The van der Waals surface area contributed by atoms with Crippen LogP contribution in [-0.4, -0.2) is 71.5 Å². The molecule has 5 N–H and O–H groups in total. The van der Waals surface area contributed by atoms with E-state index in [1.807, 2.05) is 0 Å². The molecule has 0 radical (unpaired) electrons. The number of ether oxygens (including phenoxy) is 2. The Balaban J connectivity index is 1.91. The summed E-state index contributed by atoms with van der Waals surface area (Å²) in [5.74, 6) is 0. The maximum Gasteiger partial charge on any atom is 0.469 e. The van der Waals surface area contributed by atoms with Gasteiger partial charge in [0, 0.05) is 0 Å². The predicted molar refractivity (Wildman–Crippen MR) is 78.6 cm³/mol. The summed E-state index contributed by atoms with van der Waals surface area (Å²) in [6.45, 7) is -0.650. The molecule has 13 nitrogen and oxygen atoms in total. The summed E-state index contributed by atoms with van der Waals surface area (Å²) >= 11 is 0. The first-order chi connectivity index (χ1) is 11.7. The number of hydrogen-bond acceptors (Lipinski definition) is 9. The summed E-state index contributed by atoms with van der Waals surface area (Å²) in [6.07, 6.45) is -4.20. The Morgan fingerprint density at radius 3 is 2.76 bits per heavy atom. The van der Waals surface area contributed by atoms with Gasteiger partial charge in [0.1, 0.15) is 18.3 Å². The van der Waals surface area contributed by atoms with Crippen LogP contribution in [0.1, 0.15) is 6.23 Å². The van der Waals surface area contributed by atoms with Crippen molar-refractivity contribution in [3.63, 3.8) is 0 Å². The number of nitrogens with one attached hydrogen (secondary N) is 1. The van der Waals surface area contributed by atoms with E-state index in [9.17, 15) is 19.6 Å². The van der Waals surface area contributed by atoms with Crippen molar-refractivity contribution in [3.05, 3.63) is 16.7 Å². The summed E-state index contributed by atoms with van der Waals surface area (Å²) in [6, 6.07) is -0.0892. The number of aliphatic hydroxyl groups is 2. The number of aromatic nitrogens is 4. The second-order valence-corrected chi connectivity index (χ2v) is 6.47. The summed E-state index contributed by atoms with van der Waals surface area (Å²) in [5, 5.41) is 20.2. The SMILES string of the molecule is COc1nc2c(ncn2[C@@H]2O[C@H](COP(=O)(O)O)[C@@H](O)[C@H]2O)c(=O)[nH]1. The Kier molecular flexibility index (Phi) is 4.64. The van der Waals surface area contributed by atoms with Gasteiger partial charge in [-0.25, -0.2) is 9.55 Å². The minimum absolute atomic E-state index is 0.0356. The van der Waals surface area contributed by atoms with E-state index in [1.54, 1.807) is 0 Å². The third-order valence-electron chi connectivity index (χ3n) is 3.62. The fourth-order valence-electron chi connectivity index (χ4n) is 2.46. The van der Waals surface area contributed by atoms with Crippen molar-refractivity contribution < 1.29 is 38.6 Å². The second kappa shape index (κ2) is 6.46. The first kappa shape index (κ1) is 17.9. The first-order valence-corrected chi connectivity index (χ1v) is 8.47. The number of H-pyrrole nitrogens is 1. The van der Waals surface area contributed by atoms with Gasteiger partial charge in [0.15, 0.2) is 17.4 Å². The highest BCUT2D eigenvalue weighted by Gasteiger charge is 2.45. The number of nitrogens with zero attached hydrogens (tertiary/aromatic N) is 3. The van der Waals surface area contributed by atoms with Gasteiger partial charge in [-0.05, 0) is 0 Å². The lowest BCUT2D eigenvalue weighted by molar-refractivity contribution is -0.0504. The van der Waals surface area contributed by atoms with Crippen LogP contribution in [0.15, 0.2) is 11.1 Å². The Morgan fingerprint density at radius 2 is 2.12 bits per heavy atom. The molecule has 138 valence electrons. The molecule has 14 heteroatoms. The number of phosphoric ester groups is 1. The van der Waals surface area contributed by atoms with Crippen molar-refractivity contribution in [1.82, 2.24) is 19.5 Å². The van der Waals surface area contributed by atoms with Gasteiger partial charge in [0.05, 0.1) is 20.0 Å². The minimum atomic E-state index is -4.77.